The molecule has 0 saturated heterocycles. The van der Waals surface area contributed by atoms with Gasteiger partial charge in [0, 0.05) is 12.6 Å². The molecule has 1 aromatic carbocycles. The molecule has 2 aliphatic carbocycles. The zero-order valence-corrected chi connectivity index (χ0v) is 13.1. The molecule has 0 aliphatic heterocycles. The molecule has 0 aromatic heterocycles. The molecule has 3 rings (SSSR count). The largest absolute Gasteiger partial charge is 0.497 e. The van der Waals surface area contributed by atoms with Crippen molar-refractivity contribution < 1.29 is 9.53 Å². The summed E-state index contributed by atoms with van der Waals surface area (Å²) in [6, 6.07) is 7.82. The molecule has 4 unspecified atom stereocenters. The Morgan fingerprint density at radius 1 is 1.29 bits per heavy atom. The van der Waals surface area contributed by atoms with Crippen LogP contribution in [-0.4, -0.2) is 19.1 Å². The Hall–Kier alpha value is -1.26. The highest BCUT2D eigenvalue weighted by atomic mass is 35.5. The maximum absolute atomic E-state index is 12.3. The Bertz CT molecular complexity index is 490. The molecule has 0 radical (unpaired) electrons. The fourth-order valence-corrected chi connectivity index (χ4v) is 3.78. The van der Waals surface area contributed by atoms with Crippen molar-refractivity contribution in [2.75, 3.05) is 7.11 Å². The van der Waals surface area contributed by atoms with E-state index in [1.54, 1.807) is 7.11 Å². The first kappa shape index (κ1) is 16.1. The minimum atomic E-state index is 0. The van der Waals surface area contributed by atoms with Crippen molar-refractivity contribution in [2.45, 2.75) is 31.8 Å². The number of rotatable bonds is 4. The number of methoxy groups -OCH3 is 1. The number of hydrogen-bond donors (Lipinski definition) is 2. The summed E-state index contributed by atoms with van der Waals surface area (Å²) < 4.78 is 5.12. The van der Waals surface area contributed by atoms with Gasteiger partial charge in [0.05, 0.1) is 13.0 Å². The minimum Gasteiger partial charge on any atom is -0.497 e. The Labute approximate surface area is 131 Å². The van der Waals surface area contributed by atoms with E-state index in [1.165, 1.54) is 12.8 Å². The van der Waals surface area contributed by atoms with E-state index in [4.69, 9.17) is 10.5 Å². The lowest BCUT2D eigenvalue weighted by molar-refractivity contribution is -0.127. The highest BCUT2D eigenvalue weighted by Gasteiger charge is 2.48. The predicted molar refractivity (Wildman–Crippen MR) is 84.4 cm³/mol. The third-order valence-electron chi connectivity index (χ3n) is 4.91. The van der Waals surface area contributed by atoms with Crippen LogP contribution in [0.4, 0.5) is 0 Å². The standard InChI is InChI=1S/C16H22N2O2.ClH/c1-20-13-6-2-10(3-7-13)9-18-16(19)14-11-4-5-12(8-11)15(14)17;/h2-3,6-7,11-12,14-15H,4-5,8-9,17H2,1H3,(H,18,19);1H. The second kappa shape index (κ2) is 6.67. The van der Waals surface area contributed by atoms with Crippen molar-refractivity contribution in [2.24, 2.45) is 23.5 Å². The summed E-state index contributed by atoms with van der Waals surface area (Å²) in [7, 11) is 1.65. The second-order valence-electron chi connectivity index (χ2n) is 6.00. The molecule has 4 nitrogen and oxygen atoms in total. The van der Waals surface area contributed by atoms with Crippen molar-refractivity contribution in [1.82, 2.24) is 5.32 Å². The van der Waals surface area contributed by atoms with Crippen LogP contribution in [-0.2, 0) is 11.3 Å². The van der Waals surface area contributed by atoms with E-state index in [9.17, 15) is 4.79 Å². The van der Waals surface area contributed by atoms with Gasteiger partial charge in [0.15, 0.2) is 0 Å². The maximum atomic E-state index is 12.3. The molecule has 3 N–H and O–H groups in total. The van der Waals surface area contributed by atoms with Crippen molar-refractivity contribution in [1.29, 1.82) is 0 Å². The van der Waals surface area contributed by atoms with E-state index in [0.29, 0.717) is 18.4 Å². The Kier molecular flexibility index (Phi) is 5.12. The number of hydrogen-bond acceptors (Lipinski definition) is 3. The number of carbonyl (C=O) groups excluding carboxylic acids is 1. The number of carbonyl (C=O) groups is 1. The molecule has 2 aliphatic rings. The Morgan fingerprint density at radius 3 is 2.52 bits per heavy atom. The third kappa shape index (κ3) is 3.16. The number of nitrogens with one attached hydrogen (secondary N) is 1. The van der Waals surface area contributed by atoms with Gasteiger partial charge in [0.25, 0.3) is 0 Å². The molecule has 2 fully saturated rings. The quantitative estimate of drug-likeness (QED) is 0.895. The molecular weight excluding hydrogens is 288 g/mol. The summed E-state index contributed by atoms with van der Waals surface area (Å²) in [5.41, 5.74) is 7.27. The summed E-state index contributed by atoms with van der Waals surface area (Å²) in [5, 5.41) is 3.03. The normalized spacial score (nSPS) is 29.8. The van der Waals surface area contributed by atoms with Gasteiger partial charge in [-0.2, -0.15) is 0 Å². The highest BCUT2D eigenvalue weighted by molar-refractivity contribution is 5.85. The molecular formula is C16H23ClN2O2. The van der Waals surface area contributed by atoms with Gasteiger partial charge in [-0.25, -0.2) is 0 Å². The molecule has 21 heavy (non-hydrogen) atoms. The molecule has 0 heterocycles. The molecule has 5 heteroatoms. The van der Waals surface area contributed by atoms with Crippen LogP contribution in [0, 0.1) is 17.8 Å². The van der Waals surface area contributed by atoms with Crippen LogP contribution in [0.25, 0.3) is 0 Å². The number of fused-ring (bicyclic) bond motifs is 2. The van der Waals surface area contributed by atoms with E-state index in [1.807, 2.05) is 24.3 Å². The van der Waals surface area contributed by atoms with Crippen LogP contribution >= 0.6 is 12.4 Å². The van der Waals surface area contributed by atoms with E-state index >= 15 is 0 Å². The van der Waals surface area contributed by atoms with Crippen LogP contribution in [0.15, 0.2) is 24.3 Å². The van der Waals surface area contributed by atoms with Crippen molar-refractivity contribution in [3.63, 3.8) is 0 Å². The van der Waals surface area contributed by atoms with E-state index in [-0.39, 0.29) is 30.3 Å². The lowest BCUT2D eigenvalue weighted by Crippen LogP contribution is -2.45. The monoisotopic (exact) mass is 310 g/mol. The SMILES string of the molecule is COc1ccc(CNC(=O)C2C3CCC(C3)C2N)cc1.Cl. The van der Waals surface area contributed by atoms with Gasteiger partial charge in [0.2, 0.25) is 5.91 Å². The average molecular weight is 311 g/mol. The fourth-order valence-electron chi connectivity index (χ4n) is 3.78. The molecule has 1 aromatic rings. The molecule has 0 spiro atoms. The van der Waals surface area contributed by atoms with Gasteiger partial charge < -0.3 is 15.8 Å². The first-order valence-corrected chi connectivity index (χ1v) is 7.35. The van der Waals surface area contributed by atoms with Crippen molar-refractivity contribution in [3.8, 4) is 5.75 Å². The second-order valence-corrected chi connectivity index (χ2v) is 6.00. The van der Waals surface area contributed by atoms with E-state index < -0.39 is 0 Å². The topological polar surface area (TPSA) is 64.3 Å². The summed E-state index contributed by atoms with van der Waals surface area (Å²) in [6.07, 6.45) is 3.51. The summed E-state index contributed by atoms with van der Waals surface area (Å²) in [5.74, 6) is 2.05. The molecule has 2 bridgehead atoms. The number of benzene rings is 1. The highest BCUT2D eigenvalue weighted by Crippen LogP contribution is 2.47. The zero-order chi connectivity index (χ0) is 14.1. The van der Waals surface area contributed by atoms with Crippen molar-refractivity contribution in [3.05, 3.63) is 29.8 Å². The van der Waals surface area contributed by atoms with E-state index in [0.717, 1.165) is 17.7 Å². The number of ether oxygens (including phenoxy) is 1. The van der Waals surface area contributed by atoms with E-state index in [2.05, 4.69) is 5.32 Å². The van der Waals surface area contributed by atoms with Gasteiger partial charge in [-0.3, -0.25) is 4.79 Å². The number of amides is 1. The Morgan fingerprint density at radius 2 is 1.95 bits per heavy atom. The smallest absolute Gasteiger partial charge is 0.225 e. The first-order chi connectivity index (χ1) is 9.69. The maximum Gasteiger partial charge on any atom is 0.225 e. The molecule has 2 saturated carbocycles. The Balaban J connectivity index is 0.00000161. The average Bonchev–Trinajstić information content (AvgIpc) is 3.06. The van der Waals surface area contributed by atoms with Crippen LogP contribution < -0.4 is 15.8 Å². The van der Waals surface area contributed by atoms with Gasteiger partial charge in [-0.1, -0.05) is 12.1 Å². The zero-order valence-electron chi connectivity index (χ0n) is 12.2. The molecule has 1 amide bonds. The van der Waals surface area contributed by atoms with Gasteiger partial charge in [-0.15, -0.1) is 12.4 Å². The van der Waals surface area contributed by atoms with Crippen LogP contribution in [0.3, 0.4) is 0 Å². The van der Waals surface area contributed by atoms with Gasteiger partial charge in [-0.05, 0) is 48.8 Å². The minimum absolute atomic E-state index is 0. The van der Waals surface area contributed by atoms with Crippen molar-refractivity contribution >= 4 is 18.3 Å². The summed E-state index contributed by atoms with van der Waals surface area (Å²) >= 11 is 0. The first-order valence-electron chi connectivity index (χ1n) is 7.35. The molecule has 116 valence electrons. The summed E-state index contributed by atoms with van der Waals surface area (Å²) in [4.78, 5) is 12.3. The fraction of sp³-hybridized carbons (Fsp3) is 0.562. The lowest BCUT2D eigenvalue weighted by atomic mass is 9.84. The molecule has 4 atom stereocenters. The van der Waals surface area contributed by atoms with Gasteiger partial charge in [0.1, 0.15) is 5.75 Å². The summed E-state index contributed by atoms with van der Waals surface area (Å²) in [6.45, 7) is 0.559. The predicted octanol–water partition coefficient (Wildman–Crippen LogP) is 2.11. The van der Waals surface area contributed by atoms with Crippen LogP contribution in [0.5, 0.6) is 5.75 Å². The van der Waals surface area contributed by atoms with Crippen LogP contribution in [0.2, 0.25) is 0 Å². The van der Waals surface area contributed by atoms with Crippen LogP contribution in [0.1, 0.15) is 24.8 Å². The number of nitrogens with two attached hydrogens (primary N) is 1. The number of halogens is 1. The third-order valence-corrected chi connectivity index (χ3v) is 4.91. The lowest BCUT2D eigenvalue weighted by Gasteiger charge is -2.27. The van der Waals surface area contributed by atoms with Gasteiger partial charge >= 0.3 is 0 Å².